The minimum Gasteiger partial charge on any atom is -0.505 e. The number of nitrogen functional groups attached to an aromatic ring is 1. The first-order valence-electron chi connectivity index (χ1n) is 11.8. The summed E-state index contributed by atoms with van der Waals surface area (Å²) in [5, 5.41) is 13.2. The molecule has 0 atom stereocenters. The number of alkyl halides is 5. The van der Waals surface area contributed by atoms with Crippen LogP contribution in [0.2, 0.25) is 0 Å². The fraction of sp³-hybridized carbons (Fsp3) is 0.320. The zero-order valence-electron chi connectivity index (χ0n) is 21.6. The van der Waals surface area contributed by atoms with Crippen molar-refractivity contribution in [1.82, 2.24) is 25.1 Å². The Morgan fingerprint density at radius 2 is 1.85 bits per heavy atom. The minimum atomic E-state index is -4.86. The van der Waals surface area contributed by atoms with Crippen LogP contribution in [-0.2, 0) is 6.18 Å². The van der Waals surface area contributed by atoms with Crippen molar-refractivity contribution in [3.63, 3.8) is 0 Å². The molecule has 0 spiro atoms. The molecule has 3 aromatic rings. The van der Waals surface area contributed by atoms with Gasteiger partial charge in [0.15, 0.2) is 35.1 Å². The van der Waals surface area contributed by atoms with E-state index < -0.39 is 58.1 Å². The van der Waals surface area contributed by atoms with Crippen LogP contribution >= 0.6 is 0 Å². The molecule has 2 aromatic heterocycles. The van der Waals surface area contributed by atoms with Crippen LogP contribution in [0.1, 0.15) is 59.7 Å². The largest absolute Gasteiger partial charge is 0.505 e. The van der Waals surface area contributed by atoms with Gasteiger partial charge in [-0.05, 0) is 30.3 Å². The Bertz CT molecular complexity index is 1440. The monoisotopic (exact) mass is 590 g/mol. The lowest BCUT2D eigenvalue weighted by Gasteiger charge is -2.14. The molecule has 222 valence electrons. The summed E-state index contributed by atoms with van der Waals surface area (Å²) in [6, 6.07) is 1.19. The van der Waals surface area contributed by atoms with Crippen LogP contribution in [0, 0.1) is 11.6 Å². The van der Waals surface area contributed by atoms with E-state index >= 15 is 0 Å². The number of nitrogens with two attached hydrogens (primary N) is 1. The molecule has 0 amide bonds. The van der Waals surface area contributed by atoms with E-state index in [0.29, 0.717) is 6.20 Å². The Morgan fingerprint density at radius 1 is 1.17 bits per heavy atom. The zero-order valence-corrected chi connectivity index (χ0v) is 21.6. The van der Waals surface area contributed by atoms with Crippen molar-refractivity contribution in [2.24, 2.45) is 0 Å². The normalized spacial score (nSPS) is 11.5. The van der Waals surface area contributed by atoms with Gasteiger partial charge < -0.3 is 15.7 Å². The van der Waals surface area contributed by atoms with E-state index in [2.05, 4.69) is 22.0 Å². The Balaban J connectivity index is 0.000000408. The molecule has 0 aliphatic carbocycles. The maximum atomic E-state index is 14.5. The van der Waals surface area contributed by atoms with Crippen LogP contribution in [0.15, 0.2) is 29.5 Å². The second-order valence-corrected chi connectivity index (χ2v) is 8.47. The molecule has 0 unspecified atom stereocenters. The molecule has 9 nitrogen and oxygen atoms in total. The molecule has 16 heteroatoms. The number of hydrogen-bond acceptors (Lipinski definition) is 8. The fourth-order valence-electron chi connectivity index (χ4n) is 3.34. The number of anilines is 1. The second kappa shape index (κ2) is 14.2. The van der Waals surface area contributed by atoms with Gasteiger partial charge in [0, 0.05) is 19.8 Å². The summed E-state index contributed by atoms with van der Waals surface area (Å²) in [6.07, 6.45) is -0.0572. The Kier molecular flexibility index (Phi) is 11.3. The molecule has 41 heavy (non-hydrogen) atoms. The average molecular weight is 591 g/mol. The molecule has 0 aliphatic heterocycles. The number of hydrogen-bond donors (Lipinski definition) is 3. The number of nitrogens with one attached hydrogen (secondary N) is 1. The molecule has 0 bridgehead atoms. The van der Waals surface area contributed by atoms with Crippen LogP contribution in [0.3, 0.4) is 0 Å². The summed E-state index contributed by atoms with van der Waals surface area (Å²) in [5.41, 5.74) is 1.06. The van der Waals surface area contributed by atoms with Gasteiger partial charge in [-0.25, -0.2) is 32.6 Å². The van der Waals surface area contributed by atoms with Crippen molar-refractivity contribution in [2.45, 2.75) is 38.8 Å². The van der Waals surface area contributed by atoms with Gasteiger partial charge in [-0.15, -0.1) is 0 Å². The number of halogens is 7. The number of carbonyl (C=O) groups is 1. The van der Waals surface area contributed by atoms with E-state index in [1.165, 1.54) is 12.1 Å². The highest BCUT2D eigenvalue weighted by molar-refractivity contribution is 5.84. The first kappa shape index (κ1) is 32.7. The van der Waals surface area contributed by atoms with Gasteiger partial charge >= 0.3 is 6.18 Å². The van der Waals surface area contributed by atoms with E-state index in [4.69, 9.17) is 10.8 Å². The van der Waals surface area contributed by atoms with E-state index in [1.807, 2.05) is 11.9 Å². The van der Waals surface area contributed by atoms with Crippen molar-refractivity contribution < 1.29 is 40.6 Å². The second-order valence-electron chi connectivity index (χ2n) is 8.47. The summed E-state index contributed by atoms with van der Waals surface area (Å²) in [5.74, 6) is -4.79. The van der Waals surface area contributed by atoms with Crippen molar-refractivity contribution >= 4 is 18.2 Å². The third-order valence-electron chi connectivity index (χ3n) is 5.46. The maximum absolute atomic E-state index is 14.5. The van der Waals surface area contributed by atoms with Crippen LogP contribution in [-0.4, -0.2) is 50.1 Å². The van der Waals surface area contributed by atoms with Gasteiger partial charge in [-0.2, -0.15) is 18.3 Å². The quantitative estimate of drug-likeness (QED) is 0.173. The number of benzene rings is 1. The third kappa shape index (κ3) is 8.49. The van der Waals surface area contributed by atoms with Crippen molar-refractivity contribution in [1.29, 1.82) is 0 Å². The molecule has 0 fully saturated rings. The van der Waals surface area contributed by atoms with Crippen molar-refractivity contribution in [3.05, 3.63) is 68.9 Å². The fourth-order valence-corrected chi connectivity index (χ4v) is 3.34. The predicted octanol–water partition coefficient (Wildman–Crippen LogP) is 5.34. The summed E-state index contributed by atoms with van der Waals surface area (Å²) in [4.78, 5) is 31.0. The molecule has 0 saturated carbocycles. The lowest BCUT2D eigenvalue weighted by molar-refractivity contribution is -0.140. The summed E-state index contributed by atoms with van der Waals surface area (Å²) in [6.45, 7) is 2.84. The average Bonchev–Trinajstić information content (AvgIpc) is 2.88. The maximum Gasteiger partial charge on any atom is 0.425 e. The van der Waals surface area contributed by atoms with Crippen molar-refractivity contribution in [3.8, 4) is 17.1 Å². The number of aldehydes is 1. The topological polar surface area (TPSA) is 138 Å². The standard InChI is InChI=1S/C20H22F4N4O.C5H3F3N2O2/c1-3-4-5-7-28(2)8-6-12-9-13(16(21)17(22)15(12)11-29)20-26-10-14(18(23)24)19(25)27-20;6-5(7,8)3-2(11)1-9-10-4(3)12/h6,8-11,18H,3-5,7H2,1-2H3,(H2,25,26,27);1H,(H2,10,11,12)/b8-6-;. The molecule has 4 N–H and O–H groups in total. The number of H-pyrrole nitrogens is 1. The number of carbonyl (C=O) groups excluding carboxylic acids is 1. The highest BCUT2D eigenvalue weighted by Crippen LogP contribution is 2.32. The first-order chi connectivity index (χ1) is 19.2. The van der Waals surface area contributed by atoms with E-state index in [9.17, 15) is 40.3 Å². The lowest BCUT2D eigenvalue weighted by atomic mass is 10.0. The number of unbranched alkanes of at least 4 members (excludes halogenated alkanes) is 2. The highest BCUT2D eigenvalue weighted by atomic mass is 19.4. The molecule has 1 aromatic carbocycles. The molecule has 2 heterocycles. The predicted molar refractivity (Wildman–Crippen MR) is 135 cm³/mol. The Labute approximate surface area is 228 Å². The van der Waals surface area contributed by atoms with Gasteiger partial charge in [0.1, 0.15) is 5.82 Å². The molecular formula is C25H25F7N6O3. The van der Waals surface area contributed by atoms with Crippen molar-refractivity contribution in [2.75, 3.05) is 19.3 Å². The highest BCUT2D eigenvalue weighted by Gasteiger charge is 2.37. The summed E-state index contributed by atoms with van der Waals surface area (Å²) in [7, 11) is 1.82. The van der Waals surface area contributed by atoms with Gasteiger partial charge in [0.05, 0.1) is 22.9 Å². The van der Waals surface area contributed by atoms with Crippen LogP contribution in [0.4, 0.5) is 36.6 Å². The summed E-state index contributed by atoms with van der Waals surface area (Å²) >= 11 is 0. The van der Waals surface area contributed by atoms with Gasteiger partial charge in [0.25, 0.3) is 12.0 Å². The SMILES string of the molecule is CCCCCN(C)/C=C\c1cc(-c2ncc(C(F)F)c(N)n2)c(F)c(F)c1C=O.O=c1[nH]ncc(O)c1C(F)(F)F. The zero-order chi connectivity index (χ0) is 30.9. The first-order valence-corrected chi connectivity index (χ1v) is 11.8. The third-order valence-corrected chi connectivity index (χ3v) is 5.46. The smallest absolute Gasteiger partial charge is 0.425 e. The number of aromatic nitrogens is 4. The van der Waals surface area contributed by atoms with E-state index in [1.54, 1.807) is 11.3 Å². The number of nitrogens with zero attached hydrogens (tertiary/aromatic N) is 4. The minimum absolute atomic E-state index is 0.108. The molecule has 0 aliphatic rings. The Hall–Kier alpha value is -4.50. The van der Waals surface area contributed by atoms with E-state index in [-0.39, 0.29) is 23.2 Å². The van der Waals surface area contributed by atoms with Gasteiger partial charge in [0.2, 0.25) is 0 Å². The molecule has 0 saturated heterocycles. The molecule has 3 rings (SSSR count). The number of rotatable bonds is 9. The van der Waals surface area contributed by atoms with Crippen LogP contribution in [0.5, 0.6) is 5.75 Å². The van der Waals surface area contributed by atoms with Gasteiger partial charge in [-0.3, -0.25) is 9.59 Å². The van der Waals surface area contributed by atoms with E-state index in [0.717, 1.165) is 32.0 Å². The molecule has 0 radical (unpaired) electrons. The Morgan fingerprint density at radius 3 is 2.37 bits per heavy atom. The number of aromatic hydroxyl groups is 1. The van der Waals surface area contributed by atoms with Crippen LogP contribution in [0.25, 0.3) is 17.5 Å². The number of aromatic amines is 1. The summed E-state index contributed by atoms with van der Waals surface area (Å²) < 4.78 is 90.2. The van der Waals surface area contributed by atoms with Gasteiger partial charge in [-0.1, -0.05) is 19.8 Å². The lowest BCUT2D eigenvalue weighted by Crippen LogP contribution is -2.22. The molecular weight excluding hydrogens is 565 g/mol. The van der Waals surface area contributed by atoms with Crippen LogP contribution < -0.4 is 11.3 Å².